The average molecular weight is 234 g/mol. The fourth-order valence-corrected chi connectivity index (χ4v) is 1.97. The minimum absolute atomic E-state index is 0.752. The van der Waals surface area contributed by atoms with Gasteiger partial charge >= 0.3 is 0 Å². The van der Waals surface area contributed by atoms with Crippen molar-refractivity contribution < 1.29 is 9.47 Å². The normalized spacial score (nSPS) is 10.8. The van der Waals surface area contributed by atoms with Gasteiger partial charge in [-0.2, -0.15) is 0 Å². The van der Waals surface area contributed by atoms with Crippen LogP contribution < -0.4 is 14.8 Å². The molecule has 2 aromatic rings. The molecule has 1 aromatic heterocycles. The average Bonchev–Trinajstić information content (AvgIpc) is 2.76. The molecule has 0 amide bonds. The molecule has 0 bridgehead atoms. The van der Waals surface area contributed by atoms with E-state index in [9.17, 15) is 0 Å². The number of ether oxygens (including phenoxy) is 2. The molecule has 0 saturated carbocycles. The Hall–Kier alpha value is -1.68. The summed E-state index contributed by atoms with van der Waals surface area (Å²) in [5, 5.41) is 4.34. The minimum Gasteiger partial charge on any atom is -0.493 e. The highest BCUT2D eigenvalue weighted by atomic mass is 16.5. The summed E-state index contributed by atoms with van der Waals surface area (Å²) in [7, 11) is 5.26. The summed E-state index contributed by atoms with van der Waals surface area (Å²) in [6.45, 7) is 0.960. The standard InChI is InChI=1S/C13H18N2O2/c1-14-5-4-9-8-15-11-7-13(17-3)12(16-2)6-10(9)11/h6-8,14-15H,4-5H2,1-3H3. The van der Waals surface area contributed by atoms with Gasteiger partial charge in [0.2, 0.25) is 0 Å². The lowest BCUT2D eigenvalue weighted by Crippen LogP contribution is -2.09. The zero-order chi connectivity index (χ0) is 12.3. The molecule has 0 atom stereocenters. The van der Waals surface area contributed by atoms with Crippen LogP contribution in [-0.2, 0) is 6.42 Å². The molecular weight excluding hydrogens is 216 g/mol. The van der Waals surface area contributed by atoms with E-state index in [2.05, 4.69) is 10.3 Å². The maximum atomic E-state index is 5.32. The number of hydrogen-bond acceptors (Lipinski definition) is 3. The van der Waals surface area contributed by atoms with E-state index in [1.807, 2.05) is 25.4 Å². The van der Waals surface area contributed by atoms with Crippen LogP contribution in [0, 0.1) is 0 Å². The number of rotatable bonds is 5. The monoisotopic (exact) mass is 234 g/mol. The maximum Gasteiger partial charge on any atom is 0.162 e. The van der Waals surface area contributed by atoms with Crippen molar-refractivity contribution in [2.24, 2.45) is 0 Å². The second kappa shape index (κ2) is 5.10. The van der Waals surface area contributed by atoms with Gasteiger partial charge in [0.15, 0.2) is 11.5 Å². The van der Waals surface area contributed by atoms with Crippen LogP contribution in [0.4, 0.5) is 0 Å². The van der Waals surface area contributed by atoms with Crippen molar-refractivity contribution in [2.75, 3.05) is 27.8 Å². The Morgan fingerprint density at radius 3 is 2.53 bits per heavy atom. The highest BCUT2D eigenvalue weighted by Crippen LogP contribution is 2.33. The summed E-state index contributed by atoms with van der Waals surface area (Å²) in [5.41, 5.74) is 2.36. The Morgan fingerprint density at radius 1 is 1.18 bits per heavy atom. The molecule has 0 saturated heterocycles. The molecule has 0 aliphatic rings. The summed E-state index contributed by atoms with van der Waals surface area (Å²) in [6, 6.07) is 3.99. The van der Waals surface area contributed by atoms with Gasteiger partial charge in [0.05, 0.1) is 14.2 Å². The molecule has 4 nitrogen and oxygen atoms in total. The fraction of sp³-hybridized carbons (Fsp3) is 0.385. The van der Waals surface area contributed by atoms with Crippen molar-refractivity contribution in [3.05, 3.63) is 23.9 Å². The number of H-pyrrole nitrogens is 1. The molecule has 0 aliphatic heterocycles. The second-order valence-corrected chi connectivity index (χ2v) is 3.92. The number of nitrogens with one attached hydrogen (secondary N) is 2. The molecule has 2 N–H and O–H groups in total. The first kappa shape index (κ1) is 11.8. The SMILES string of the molecule is CNCCc1c[nH]c2cc(OC)c(OC)cc12. The van der Waals surface area contributed by atoms with Gasteiger partial charge in [-0.1, -0.05) is 0 Å². The minimum atomic E-state index is 0.752. The number of hydrogen-bond donors (Lipinski definition) is 2. The number of likely N-dealkylation sites (N-methyl/N-ethyl adjacent to an activating group) is 1. The van der Waals surface area contributed by atoms with Gasteiger partial charge in [0, 0.05) is 23.2 Å². The first-order chi connectivity index (χ1) is 8.30. The van der Waals surface area contributed by atoms with Gasteiger partial charge in [-0.3, -0.25) is 0 Å². The van der Waals surface area contributed by atoms with Gasteiger partial charge in [-0.15, -0.1) is 0 Å². The van der Waals surface area contributed by atoms with E-state index in [1.54, 1.807) is 14.2 Å². The van der Waals surface area contributed by atoms with Crippen LogP contribution >= 0.6 is 0 Å². The molecule has 0 radical (unpaired) electrons. The number of aromatic amines is 1. The van der Waals surface area contributed by atoms with E-state index in [1.165, 1.54) is 10.9 Å². The summed E-state index contributed by atoms with van der Waals surface area (Å²) >= 11 is 0. The second-order valence-electron chi connectivity index (χ2n) is 3.92. The van der Waals surface area contributed by atoms with E-state index in [0.29, 0.717) is 0 Å². The molecule has 92 valence electrons. The van der Waals surface area contributed by atoms with E-state index in [-0.39, 0.29) is 0 Å². The van der Waals surface area contributed by atoms with Crippen LogP contribution in [0.15, 0.2) is 18.3 Å². The number of fused-ring (bicyclic) bond motifs is 1. The van der Waals surface area contributed by atoms with Crippen LogP contribution in [0.1, 0.15) is 5.56 Å². The lowest BCUT2D eigenvalue weighted by Gasteiger charge is -2.08. The summed E-state index contributed by atoms with van der Waals surface area (Å²) in [6.07, 6.45) is 3.03. The predicted octanol–water partition coefficient (Wildman–Crippen LogP) is 1.95. The number of benzene rings is 1. The van der Waals surface area contributed by atoms with Crippen LogP contribution in [0.3, 0.4) is 0 Å². The number of aromatic nitrogens is 1. The van der Waals surface area contributed by atoms with E-state index in [4.69, 9.17) is 9.47 Å². The topological polar surface area (TPSA) is 46.3 Å². The Kier molecular flexibility index (Phi) is 3.54. The number of methoxy groups -OCH3 is 2. The van der Waals surface area contributed by atoms with E-state index >= 15 is 0 Å². The van der Waals surface area contributed by atoms with Crippen molar-refractivity contribution in [3.63, 3.8) is 0 Å². The summed E-state index contributed by atoms with van der Waals surface area (Å²) < 4.78 is 10.6. The summed E-state index contributed by atoms with van der Waals surface area (Å²) in [5.74, 6) is 1.52. The van der Waals surface area contributed by atoms with Crippen molar-refractivity contribution in [2.45, 2.75) is 6.42 Å². The van der Waals surface area contributed by atoms with Crippen LogP contribution in [0.5, 0.6) is 11.5 Å². The van der Waals surface area contributed by atoms with E-state index in [0.717, 1.165) is 30.0 Å². The lowest BCUT2D eigenvalue weighted by molar-refractivity contribution is 0.356. The Labute approximate surface area is 101 Å². The third kappa shape index (κ3) is 2.22. The summed E-state index contributed by atoms with van der Waals surface area (Å²) in [4.78, 5) is 3.26. The van der Waals surface area contributed by atoms with E-state index < -0.39 is 0 Å². The third-order valence-electron chi connectivity index (χ3n) is 2.92. The highest BCUT2D eigenvalue weighted by Gasteiger charge is 2.09. The molecule has 0 unspecified atom stereocenters. The Balaban J connectivity index is 2.45. The van der Waals surface area contributed by atoms with Crippen LogP contribution in [0.2, 0.25) is 0 Å². The predicted molar refractivity (Wildman–Crippen MR) is 69.0 cm³/mol. The Bertz CT molecular complexity index is 505. The van der Waals surface area contributed by atoms with Crippen LogP contribution in [0.25, 0.3) is 10.9 Å². The molecule has 4 heteroatoms. The lowest BCUT2D eigenvalue weighted by atomic mass is 10.1. The van der Waals surface area contributed by atoms with Gasteiger partial charge in [0.25, 0.3) is 0 Å². The molecule has 2 rings (SSSR count). The van der Waals surface area contributed by atoms with Crippen molar-refractivity contribution >= 4 is 10.9 Å². The highest BCUT2D eigenvalue weighted by molar-refractivity contribution is 5.86. The molecule has 1 heterocycles. The third-order valence-corrected chi connectivity index (χ3v) is 2.92. The maximum absolute atomic E-state index is 5.32. The molecule has 1 aromatic carbocycles. The van der Waals surface area contributed by atoms with Gasteiger partial charge in [-0.25, -0.2) is 0 Å². The molecular formula is C13H18N2O2. The zero-order valence-electron chi connectivity index (χ0n) is 10.5. The van der Waals surface area contributed by atoms with Crippen LogP contribution in [-0.4, -0.2) is 32.8 Å². The quantitative estimate of drug-likeness (QED) is 0.831. The molecule has 0 fully saturated rings. The zero-order valence-corrected chi connectivity index (χ0v) is 10.5. The first-order valence-electron chi connectivity index (χ1n) is 5.66. The van der Waals surface area contributed by atoms with Gasteiger partial charge < -0.3 is 19.8 Å². The molecule has 0 aliphatic carbocycles. The largest absolute Gasteiger partial charge is 0.493 e. The van der Waals surface area contributed by atoms with Gasteiger partial charge in [0.1, 0.15) is 0 Å². The van der Waals surface area contributed by atoms with Crippen molar-refractivity contribution in [3.8, 4) is 11.5 Å². The van der Waals surface area contributed by atoms with Gasteiger partial charge in [-0.05, 0) is 31.6 Å². The first-order valence-corrected chi connectivity index (χ1v) is 5.66. The molecule has 0 spiro atoms. The molecule has 17 heavy (non-hydrogen) atoms. The Morgan fingerprint density at radius 2 is 1.88 bits per heavy atom. The van der Waals surface area contributed by atoms with Crippen molar-refractivity contribution in [1.29, 1.82) is 0 Å². The van der Waals surface area contributed by atoms with Crippen molar-refractivity contribution in [1.82, 2.24) is 10.3 Å². The fourth-order valence-electron chi connectivity index (χ4n) is 1.97. The smallest absolute Gasteiger partial charge is 0.162 e.